The Bertz CT molecular complexity index is 746. The second-order valence-electron chi connectivity index (χ2n) is 9.35. The van der Waals surface area contributed by atoms with E-state index in [9.17, 15) is 0 Å². The van der Waals surface area contributed by atoms with Crippen molar-refractivity contribution < 1.29 is 14.2 Å². The minimum absolute atomic E-state index is 0.0313. The highest BCUT2D eigenvalue weighted by atomic mass is 28.3. The molecule has 1 fully saturated rings. The topological polar surface area (TPSA) is 39.7 Å². The number of benzene rings is 2. The normalized spacial score (nSPS) is 22.5. The third-order valence-electron chi connectivity index (χ3n) is 5.25. The summed E-state index contributed by atoms with van der Waals surface area (Å²) in [5.74, 6) is -0.599. The lowest BCUT2D eigenvalue weighted by Gasteiger charge is -2.36. The Balaban J connectivity index is 1.67. The van der Waals surface area contributed by atoms with E-state index in [4.69, 9.17) is 14.2 Å². The summed E-state index contributed by atoms with van der Waals surface area (Å²) >= 11 is 0. The Morgan fingerprint density at radius 1 is 0.931 bits per heavy atom. The lowest BCUT2D eigenvalue weighted by molar-refractivity contribution is -0.151. The van der Waals surface area contributed by atoms with Crippen molar-refractivity contribution >= 4 is 8.07 Å². The number of hydrogen-bond acceptors (Lipinski definition) is 4. The molecule has 0 aromatic heterocycles. The molecule has 1 N–H and O–H groups in total. The van der Waals surface area contributed by atoms with Crippen LogP contribution in [0.5, 0.6) is 0 Å². The molecule has 0 bridgehead atoms. The maximum Gasteiger partial charge on any atom is 0.163 e. The van der Waals surface area contributed by atoms with Crippen LogP contribution >= 0.6 is 0 Å². The molecule has 0 amide bonds. The molecule has 0 unspecified atom stereocenters. The van der Waals surface area contributed by atoms with E-state index in [0.717, 1.165) is 6.54 Å². The van der Waals surface area contributed by atoms with Gasteiger partial charge in [-0.25, -0.2) is 0 Å². The number of rotatable bonds is 9. The molecule has 1 aliphatic rings. The van der Waals surface area contributed by atoms with Crippen molar-refractivity contribution in [3.8, 4) is 0 Å². The molecule has 29 heavy (non-hydrogen) atoms. The highest BCUT2D eigenvalue weighted by molar-refractivity contribution is 6.77. The predicted octanol–water partition coefficient (Wildman–Crippen LogP) is 4.76. The largest absolute Gasteiger partial charge is 0.374 e. The Kier molecular flexibility index (Phi) is 7.30. The molecule has 1 aliphatic heterocycles. The van der Waals surface area contributed by atoms with Crippen LogP contribution in [0.2, 0.25) is 19.6 Å². The third kappa shape index (κ3) is 6.49. The molecule has 3 rings (SSSR count). The van der Waals surface area contributed by atoms with Gasteiger partial charge < -0.3 is 19.5 Å². The van der Waals surface area contributed by atoms with Gasteiger partial charge in [-0.05, 0) is 25.0 Å². The smallest absolute Gasteiger partial charge is 0.163 e. The summed E-state index contributed by atoms with van der Waals surface area (Å²) in [6.45, 7) is 13.1. The summed E-state index contributed by atoms with van der Waals surface area (Å²) in [7, 11) is -1.58. The molecule has 5 heteroatoms. The number of ether oxygens (including phenoxy) is 3. The maximum atomic E-state index is 6.41. The molecule has 3 atom stereocenters. The maximum absolute atomic E-state index is 6.41. The van der Waals surface area contributed by atoms with Crippen LogP contribution in [0.4, 0.5) is 0 Å². The van der Waals surface area contributed by atoms with Crippen LogP contribution in [0.1, 0.15) is 25.0 Å². The van der Waals surface area contributed by atoms with Crippen LogP contribution in [0.3, 0.4) is 0 Å². The van der Waals surface area contributed by atoms with Gasteiger partial charge in [-0.1, -0.05) is 80.3 Å². The molecule has 1 saturated heterocycles. The van der Waals surface area contributed by atoms with Gasteiger partial charge in [0.2, 0.25) is 0 Å². The Hall–Kier alpha value is -1.50. The van der Waals surface area contributed by atoms with Crippen LogP contribution in [-0.4, -0.2) is 38.3 Å². The van der Waals surface area contributed by atoms with Gasteiger partial charge in [0.1, 0.15) is 12.2 Å². The molecular weight excluding hydrogens is 378 g/mol. The van der Waals surface area contributed by atoms with Gasteiger partial charge >= 0.3 is 0 Å². The van der Waals surface area contributed by atoms with E-state index in [2.05, 4.69) is 67.4 Å². The molecule has 2 aromatic carbocycles. The zero-order valence-corrected chi connectivity index (χ0v) is 19.4. The predicted molar refractivity (Wildman–Crippen MR) is 120 cm³/mol. The van der Waals surface area contributed by atoms with E-state index in [1.54, 1.807) is 0 Å². The fourth-order valence-corrected chi connectivity index (χ4v) is 5.86. The van der Waals surface area contributed by atoms with Gasteiger partial charge in [0.25, 0.3) is 0 Å². The lowest BCUT2D eigenvalue weighted by Crippen LogP contribution is -2.59. The standard InChI is InChI=1S/C24H35NO3Si/c1-24(2)27-21(18-26-17-20-14-10-7-11-15-20)22(28-24)23(29(3,4)5)25-16-19-12-8-6-9-13-19/h6-15,21-23,25H,16-18H2,1-5H3/t21-,22-,23+/m0/s1. The molecule has 4 nitrogen and oxygen atoms in total. The second-order valence-corrected chi connectivity index (χ2v) is 14.7. The third-order valence-corrected chi connectivity index (χ3v) is 7.64. The molecule has 0 saturated carbocycles. The van der Waals surface area contributed by atoms with Crippen molar-refractivity contribution in [1.29, 1.82) is 0 Å². The van der Waals surface area contributed by atoms with Crippen LogP contribution in [0.25, 0.3) is 0 Å². The van der Waals surface area contributed by atoms with Crippen molar-refractivity contribution in [3.05, 3.63) is 71.8 Å². The first-order valence-corrected chi connectivity index (χ1v) is 14.1. The average molecular weight is 414 g/mol. The highest BCUT2D eigenvalue weighted by Crippen LogP contribution is 2.33. The van der Waals surface area contributed by atoms with Crippen molar-refractivity contribution in [2.75, 3.05) is 6.61 Å². The minimum atomic E-state index is -1.58. The van der Waals surface area contributed by atoms with E-state index in [1.807, 2.05) is 32.0 Å². The van der Waals surface area contributed by atoms with Crippen LogP contribution in [0, 0.1) is 0 Å². The van der Waals surface area contributed by atoms with Gasteiger partial charge in [-0.3, -0.25) is 0 Å². The summed E-state index contributed by atoms with van der Waals surface area (Å²) in [6.07, 6.45) is -0.120. The highest BCUT2D eigenvalue weighted by Gasteiger charge is 2.48. The molecule has 158 valence electrons. The van der Waals surface area contributed by atoms with Crippen LogP contribution in [-0.2, 0) is 27.4 Å². The lowest BCUT2D eigenvalue weighted by atomic mass is 10.2. The summed E-state index contributed by atoms with van der Waals surface area (Å²) in [5.41, 5.74) is 2.71. The first-order chi connectivity index (χ1) is 13.7. The summed E-state index contributed by atoms with van der Waals surface area (Å²) in [4.78, 5) is 0. The van der Waals surface area contributed by atoms with Gasteiger partial charge in [0, 0.05) is 12.2 Å². The van der Waals surface area contributed by atoms with Gasteiger partial charge in [0.15, 0.2) is 5.79 Å². The first-order valence-electron chi connectivity index (χ1n) is 10.5. The van der Waals surface area contributed by atoms with Crippen molar-refractivity contribution in [3.63, 3.8) is 0 Å². The van der Waals surface area contributed by atoms with E-state index < -0.39 is 13.9 Å². The fourth-order valence-electron chi connectivity index (χ4n) is 3.88. The summed E-state index contributed by atoms with van der Waals surface area (Å²) < 4.78 is 18.7. The Labute approximate surface area is 176 Å². The molecule has 0 aliphatic carbocycles. The van der Waals surface area contributed by atoms with E-state index in [1.165, 1.54) is 11.1 Å². The monoisotopic (exact) mass is 413 g/mol. The summed E-state index contributed by atoms with van der Waals surface area (Å²) in [5, 5.41) is 3.79. The molecular formula is C24H35NO3Si. The molecule has 0 spiro atoms. The van der Waals surface area contributed by atoms with Gasteiger partial charge in [-0.15, -0.1) is 0 Å². The minimum Gasteiger partial charge on any atom is -0.374 e. The Morgan fingerprint density at radius 2 is 1.52 bits per heavy atom. The van der Waals surface area contributed by atoms with Gasteiger partial charge in [0.05, 0.1) is 21.3 Å². The van der Waals surface area contributed by atoms with Crippen molar-refractivity contribution in [2.24, 2.45) is 0 Å². The average Bonchev–Trinajstić information content (AvgIpc) is 2.97. The van der Waals surface area contributed by atoms with E-state index in [-0.39, 0.29) is 17.9 Å². The zero-order chi connectivity index (χ0) is 20.9. The Morgan fingerprint density at radius 3 is 2.10 bits per heavy atom. The molecule has 1 heterocycles. The fraction of sp³-hybridized carbons (Fsp3) is 0.500. The molecule has 2 aromatic rings. The van der Waals surface area contributed by atoms with E-state index >= 15 is 0 Å². The number of nitrogens with one attached hydrogen (secondary N) is 1. The van der Waals surface area contributed by atoms with E-state index in [0.29, 0.717) is 13.2 Å². The molecule has 0 radical (unpaired) electrons. The zero-order valence-electron chi connectivity index (χ0n) is 18.4. The van der Waals surface area contributed by atoms with Crippen molar-refractivity contribution in [2.45, 2.75) is 70.3 Å². The second kappa shape index (κ2) is 9.54. The summed E-state index contributed by atoms with van der Waals surface area (Å²) in [6, 6.07) is 20.8. The first kappa shape index (κ1) is 22.2. The SMILES string of the molecule is CC1(C)O[C@H]([C@H](NCc2ccccc2)[Si](C)(C)C)[C@H](COCc2ccccc2)O1. The quantitative estimate of drug-likeness (QED) is 0.602. The van der Waals surface area contributed by atoms with Crippen LogP contribution in [0.15, 0.2) is 60.7 Å². The number of hydrogen-bond donors (Lipinski definition) is 1. The van der Waals surface area contributed by atoms with Gasteiger partial charge in [-0.2, -0.15) is 0 Å². The van der Waals surface area contributed by atoms with Crippen molar-refractivity contribution in [1.82, 2.24) is 5.32 Å². The van der Waals surface area contributed by atoms with Crippen LogP contribution < -0.4 is 5.32 Å².